The van der Waals surface area contributed by atoms with E-state index in [-0.39, 0.29) is 5.41 Å². The topological polar surface area (TPSA) is 37.4 Å². The quantitative estimate of drug-likeness (QED) is 0.804. The van der Waals surface area contributed by atoms with Crippen LogP contribution in [0.4, 0.5) is 0 Å². The summed E-state index contributed by atoms with van der Waals surface area (Å²) >= 11 is 5.77. The van der Waals surface area contributed by atoms with Crippen LogP contribution in [-0.4, -0.2) is 25.8 Å². The van der Waals surface area contributed by atoms with E-state index >= 15 is 0 Å². The number of rotatable bonds is 3. The van der Waals surface area contributed by atoms with Gasteiger partial charge in [-0.15, -0.1) is 11.6 Å². The van der Waals surface area contributed by atoms with Gasteiger partial charge in [0.05, 0.1) is 4.90 Å². The first-order valence-corrected chi connectivity index (χ1v) is 8.48. The van der Waals surface area contributed by atoms with E-state index in [1.54, 1.807) is 22.5 Å². The van der Waals surface area contributed by atoms with Crippen LogP contribution in [0.3, 0.4) is 0 Å². The molecule has 0 unspecified atom stereocenters. The molecule has 0 amide bonds. The van der Waals surface area contributed by atoms with Gasteiger partial charge in [-0.05, 0) is 36.0 Å². The number of sulfonamides is 1. The van der Waals surface area contributed by atoms with E-state index in [4.69, 9.17) is 11.6 Å². The number of piperidine rings is 1. The molecule has 0 spiro atoms. The van der Waals surface area contributed by atoms with Gasteiger partial charge in [0.15, 0.2) is 0 Å². The third-order valence-corrected chi connectivity index (χ3v) is 5.71. The molecule has 0 radical (unpaired) electrons. The molecule has 0 bridgehead atoms. The first-order chi connectivity index (χ1) is 8.85. The van der Waals surface area contributed by atoms with Gasteiger partial charge in [0.2, 0.25) is 10.0 Å². The molecule has 1 fully saturated rings. The second-order valence-corrected chi connectivity index (χ2v) is 8.09. The summed E-state index contributed by atoms with van der Waals surface area (Å²) in [5, 5.41) is 0. The van der Waals surface area contributed by atoms with Crippen LogP contribution in [0.25, 0.3) is 0 Å². The molecule has 1 aromatic rings. The van der Waals surface area contributed by atoms with Crippen LogP contribution in [-0.2, 0) is 15.9 Å². The van der Waals surface area contributed by atoms with E-state index < -0.39 is 10.0 Å². The molecule has 5 heteroatoms. The minimum Gasteiger partial charge on any atom is -0.207 e. The smallest absolute Gasteiger partial charge is 0.207 e. The van der Waals surface area contributed by atoms with Crippen molar-refractivity contribution in [2.45, 2.75) is 37.5 Å². The lowest BCUT2D eigenvalue weighted by atomic mass is 9.85. The zero-order valence-corrected chi connectivity index (χ0v) is 13.0. The summed E-state index contributed by atoms with van der Waals surface area (Å²) in [6.07, 6.45) is 1.99. The SMILES string of the molecule is CC1(C)CCCN(S(=O)(=O)c2cccc(CCl)c2)C1. The summed E-state index contributed by atoms with van der Waals surface area (Å²) in [5.74, 6) is 0.328. The Bertz CT molecular complexity index is 554. The molecular weight excluding hydrogens is 282 g/mol. The summed E-state index contributed by atoms with van der Waals surface area (Å²) in [4.78, 5) is 0.350. The normalized spacial score (nSPS) is 20.4. The van der Waals surface area contributed by atoms with Gasteiger partial charge in [0.1, 0.15) is 0 Å². The molecule has 19 heavy (non-hydrogen) atoms. The predicted octanol–water partition coefficient (Wildman–Crippen LogP) is 3.24. The summed E-state index contributed by atoms with van der Waals surface area (Å²) < 4.78 is 26.9. The maximum absolute atomic E-state index is 12.6. The Balaban J connectivity index is 2.31. The van der Waals surface area contributed by atoms with Crippen LogP contribution in [0.2, 0.25) is 0 Å². The summed E-state index contributed by atoms with van der Waals surface area (Å²) in [5.41, 5.74) is 0.883. The first-order valence-electron chi connectivity index (χ1n) is 6.50. The third-order valence-electron chi connectivity index (χ3n) is 3.56. The van der Waals surface area contributed by atoms with Crippen molar-refractivity contribution in [3.63, 3.8) is 0 Å². The highest BCUT2D eigenvalue weighted by atomic mass is 35.5. The average Bonchev–Trinajstić information content (AvgIpc) is 2.37. The van der Waals surface area contributed by atoms with Crippen LogP contribution in [0.1, 0.15) is 32.3 Å². The van der Waals surface area contributed by atoms with Crippen molar-refractivity contribution in [1.29, 1.82) is 0 Å². The highest BCUT2D eigenvalue weighted by Gasteiger charge is 2.34. The van der Waals surface area contributed by atoms with Crippen LogP contribution in [0.15, 0.2) is 29.2 Å². The van der Waals surface area contributed by atoms with Crippen LogP contribution in [0.5, 0.6) is 0 Å². The van der Waals surface area contributed by atoms with Gasteiger partial charge in [-0.25, -0.2) is 8.42 Å². The van der Waals surface area contributed by atoms with Crippen molar-refractivity contribution in [2.24, 2.45) is 5.41 Å². The Morgan fingerprint density at radius 2 is 2.11 bits per heavy atom. The second-order valence-electron chi connectivity index (χ2n) is 5.89. The summed E-state index contributed by atoms with van der Waals surface area (Å²) in [6.45, 7) is 5.42. The van der Waals surface area contributed by atoms with E-state index in [1.807, 2.05) is 6.07 Å². The van der Waals surface area contributed by atoms with Crippen molar-refractivity contribution in [3.05, 3.63) is 29.8 Å². The van der Waals surface area contributed by atoms with E-state index in [2.05, 4.69) is 13.8 Å². The van der Waals surface area contributed by atoms with E-state index in [9.17, 15) is 8.42 Å². The van der Waals surface area contributed by atoms with Gasteiger partial charge in [-0.3, -0.25) is 0 Å². The molecule has 2 rings (SSSR count). The molecule has 1 saturated heterocycles. The zero-order chi connectivity index (χ0) is 14.1. The fraction of sp³-hybridized carbons (Fsp3) is 0.571. The van der Waals surface area contributed by atoms with Gasteiger partial charge in [-0.2, -0.15) is 4.31 Å². The monoisotopic (exact) mass is 301 g/mol. The third kappa shape index (κ3) is 3.30. The van der Waals surface area contributed by atoms with Gasteiger partial charge in [-0.1, -0.05) is 26.0 Å². The minimum atomic E-state index is -3.39. The number of halogens is 1. The summed E-state index contributed by atoms with van der Waals surface area (Å²) in [6, 6.07) is 6.91. The molecule has 1 aromatic carbocycles. The molecule has 0 N–H and O–H groups in total. The largest absolute Gasteiger partial charge is 0.243 e. The Morgan fingerprint density at radius 1 is 1.37 bits per heavy atom. The molecule has 0 aromatic heterocycles. The molecule has 0 atom stereocenters. The number of nitrogens with zero attached hydrogens (tertiary/aromatic N) is 1. The number of alkyl halides is 1. The van der Waals surface area contributed by atoms with E-state index in [1.165, 1.54) is 0 Å². The maximum Gasteiger partial charge on any atom is 0.243 e. The van der Waals surface area contributed by atoms with Gasteiger partial charge < -0.3 is 0 Å². The lowest BCUT2D eigenvalue weighted by Crippen LogP contribution is -2.43. The number of hydrogen-bond donors (Lipinski definition) is 0. The van der Waals surface area contributed by atoms with Crippen molar-refractivity contribution < 1.29 is 8.42 Å². The number of hydrogen-bond acceptors (Lipinski definition) is 2. The first kappa shape index (κ1) is 14.8. The van der Waals surface area contributed by atoms with Gasteiger partial charge >= 0.3 is 0 Å². The van der Waals surface area contributed by atoms with Gasteiger partial charge in [0, 0.05) is 19.0 Å². The Morgan fingerprint density at radius 3 is 2.74 bits per heavy atom. The lowest BCUT2D eigenvalue weighted by Gasteiger charge is -2.37. The summed E-state index contributed by atoms with van der Waals surface area (Å²) in [7, 11) is -3.39. The molecule has 1 heterocycles. The zero-order valence-electron chi connectivity index (χ0n) is 11.4. The molecule has 0 saturated carbocycles. The van der Waals surface area contributed by atoms with Crippen LogP contribution >= 0.6 is 11.6 Å². The fourth-order valence-corrected chi connectivity index (χ4v) is 4.42. The predicted molar refractivity (Wildman–Crippen MR) is 77.8 cm³/mol. The molecule has 3 nitrogen and oxygen atoms in total. The van der Waals surface area contributed by atoms with Crippen LogP contribution in [0, 0.1) is 5.41 Å². The van der Waals surface area contributed by atoms with Crippen molar-refractivity contribution in [1.82, 2.24) is 4.31 Å². The molecule has 1 aliphatic rings. The van der Waals surface area contributed by atoms with Gasteiger partial charge in [0.25, 0.3) is 0 Å². The average molecular weight is 302 g/mol. The Kier molecular flexibility index (Phi) is 4.23. The molecule has 1 aliphatic heterocycles. The number of benzene rings is 1. The highest BCUT2D eigenvalue weighted by Crippen LogP contribution is 2.31. The van der Waals surface area contributed by atoms with E-state index in [0.717, 1.165) is 18.4 Å². The highest BCUT2D eigenvalue weighted by molar-refractivity contribution is 7.89. The van der Waals surface area contributed by atoms with Crippen molar-refractivity contribution >= 4 is 21.6 Å². The van der Waals surface area contributed by atoms with Crippen LogP contribution < -0.4 is 0 Å². The second kappa shape index (κ2) is 5.43. The Hall–Kier alpha value is -0.580. The van der Waals surface area contributed by atoms with Crippen molar-refractivity contribution in [2.75, 3.05) is 13.1 Å². The van der Waals surface area contributed by atoms with E-state index in [0.29, 0.717) is 23.9 Å². The molecular formula is C14H20ClNO2S. The standard InChI is InChI=1S/C14H20ClNO2S/c1-14(2)7-4-8-16(11-14)19(17,18)13-6-3-5-12(9-13)10-15/h3,5-6,9H,4,7-8,10-11H2,1-2H3. The molecule has 0 aliphatic carbocycles. The minimum absolute atomic E-state index is 0.0510. The maximum atomic E-state index is 12.6. The lowest BCUT2D eigenvalue weighted by molar-refractivity contribution is 0.187. The fourth-order valence-electron chi connectivity index (χ4n) is 2.51. The molecule has 106 valence electrons. The van der Waals surface area contributed by atoms with Crippen molar-refractivity contribution in [3.8, 4) is 0 Å². The Labute approximate surface area is 120 Å².